The molecule has 2 rings (SSSR count). The van der Waals surface area contributed by atoms with Crippen molar-refractivity contribution in [1.82, 2.24) is 10.1 Å². The summed E-state index contributed by atoms with van der Waals surface area (Å²) in [5.41, 5.74) is 1.52. The van der Waals surface area contributed by atoms with Crippen LogP contribution < -0.4 is 4.74 Å². The fourth-order valence-electron chi connectivity index (χ4n) is 1.82. The first-order chi connectivity index (χ1) is 9.67. The van der Waals surface area contributed by atoms with E-state index in [1.807, 2.05) is 32.2 Å². The van der Waals surface area contributed by atoms with Gasteiger partial charge in [0.15, 0.2) is 0 Å². The number of rotatable bonds is 6. The van der Waals surface area contributed by atoms with Gasteiger partial charge in [0.25, 0.3) is 0 Å². The molecule has 104 valence electrons. The maximum Gasteiger partial charge on any atom is 0.133 e. The second-order valence-corrected chi connectivity index (χ2v) is 4.65. The zero-order chi connectivity index (χ0) is 14.4. The summed E-state index contributed by atoms with van der Waals surface area (Å²) in [7, 11) is 2.00. The fourth-order valence-corrected chi connectivity index (χ4v) is 1.82. The molecule has 5 nitrogen and oxygen atoms in total. The van der Waals surface area contributed by atoms with Crippen LogP contribution in [0.2, 0.25) is 0 Å². The molecular weight excluding hydrogens is 254 g/mol. The Bertz CT molecular complexity index is 601. The number of nitrogens with zero attached hydrogens (tertiary/aromatic N) is 3. The molecule has 5 heteroatoms. The van der Waals surface area contributed by atoms with Crippen LogP contribution in [0.5, 0.6) is 5.75 Å². The topological polar surface area (TPSA) is 62.3 Å². The predicted molar refractivity (Wildman–Crippen MR) is 74.2 cm³/mol. The Hall–Kier alpha value is -2.32. The number of aryl methyl sites for hydroxylation is 1. The predicted octanol–water partition coefficient (Wildman–Crippen LogP) is 2.37. The van der Waals surface area contributed by atoms with Gasteiger partial charge in [-0.05, 0) is 32.2 Å². The summed E-state index contributed by atoms with van der Waals surface area (Å²) >= 11 is 0. The number of hydrogen-bond donors (Lipinski definition) is 0. The van der Waals surface area contributed by atoms with E-state index in [-0.39, 0.29) is 0 Å². The highest BCUT2D eigenvalue weighted by molar-refractivity contribution is 5.36. The molecule has 0 saturated heterocycles. The van der Waals surface area contributed by atoms with Gasteiger partial charge in [0, 0.05) is 19.2 Å². The minimum Gasteiger partial charge on any atom is -0.492 e. The van der Waals surface area contributed by atoms with Crippen molar-refractivity contribution in [1.29, 1.82) is 5.26 Å². The fraction of sp³-hybridized carbons (Fsp3) is 0.333. The Kier molecular flexibility index (Phi) is 4.75. The maximum absolute atomic E-state index is 8.81. The van der Waals surface area contributed by atoms with Crippen LogP contribution >= 0.6 is 0 Å². The standard InChI is InChI=1S/C15H17N3O2/c1-12-8-14(17-20-12)11-18(2)6-7-19-15-5-3-4-13(9-15)10-16/h3-5,8-9H,6-7,11H2,1-2H3. The van der Waals surface area contributed by atoms with Gasteiger partial charge in [-0.25, -0.2) is 0 Å². The lowest BCUT2D eigenvalue weighted by atomic mass is 10.2. The molecule has 0 unspecified atom stereocenters. The van der Waals surface area contributed by atoms with Crippen molar-refractivity contribution < 1.29 is 9.26 Å². The first-order valence-corrected chi connectivity index (χ1v) is 6.41. The molecule has 0 aliphatic carbocycles. The van der Waals surface area contributed by atoms with Crippen LogP contribution in [0.1, 0.15) is 17.0 Å². The minimum atomic E-state index is 0.558. The van der Waals surface area contributed by atoms with Gasteiger partial charge in [-0.1, -0.05) is 11.2 Å². The molecular formula is C15H17N3O2. The molecule has 1 aromatic carbocycles. The van der Waals surface area contributed by atoms with E-state index in [9.17, 15) is 0 Å². The SMILES string of the molecule is Cc1cc(CN(C)CCOc2cccc(C#N)c2)no1. The van der Waals surface area contributed by atoms with E-state index in [0.29, 0.717) is 12.2 Å². The van der Waals surface area contributed by atoms with Gasteiger partial charge in [-0.2, -0.15) is 5.26 Å². The van der Waals surface area contributed by atoms with Crippen molar-refractivity contribution in [3.63, 3.8) is 0 Å². The van der Waals surface area contributed by atoms with E-state index in [2.05, 4.69) is 16.1 Å². The second-order valence-electron chi connectivity index (χ2n) is 4.65. The Morgan fingerprint density at radius 2 is 2.25 bits per heavy atom. The largest absolute Gasteiger partial charge is 0.492 e. The van der Waals surface area contributed by atoms with Crippen molar-refractivity contribution in [3.8, 4) is 11.8 Å². The van der Waals surface area contributed by atoms with Crippen LogP contribution in [0, 0.1) is 18.3 Å². The van der Waals surface area contributed by atoms with Gasteiger partial charge >= 0.3 is 0 Å². The summed E-state index contributed by atoms with van der Waals surface area (Å²) in [6, 6.07) is 11.2. The average Bonchev–Trinajstić information content (AvgIpc) is 2.84. The maximum atomic E-state index is 8.81. The van der Waals surface area contributed by atoms with Crippen molar-refractivity contribution >= 4 is 0 Å². The highest BCUT2D eigenvalue weighted by Gasteiger charge is 2.05. The van der Waals surface area contributed by atoms with Crippen LogP contribution in [-0.4, -0.2) is 30.3 Å². The molecule has 20 heavy (non-hydrogen) atoms. The number of nitriles is 1. The minimum absolute atomic E-state index is 0.558. The van der Waals surface area contributed by atoms with E-state index < -0.39 is 0 Å². The van der Waals surface area contributed by atoms with Crippen LogP contribution in [0.3, 0.4) is 0 Å². The average molecular weight is 271 g/mol. The summed E-state index contributed by atoms with van der Waals surface area (Å²) in [6.45, 7) is 3.92. The Labute approximate surface area is 118 Å². The lowest BCUT2D eigenvalue weighted by Gasteiger charge is -2.15. The lowest BCUT2D eigenvalue weighted by molar-refractivity contribution is 0.228. The van der Waals surface area contributed by atoms with E-state index in [0.717, 1.165) is 30.3 Å². The molecule has 0 atom stereocenters. The molecule has 2 aromatic rings. The zero-order valence-corrected chi connectivity index (χ0v) is 11.7. The van der Waals surface area contributed by atoms with Gasteiger partial charge in [0.1, 0.15) is 18.1 Å². The number of benzene rings is 1. The molecule has 0 amide bonds. The van der Waals surface area contributed by atoms with E-state index in [1.54, 1.807) is 12.1 Å². The monoisotopic (exact) mass is 271 g/mol. The summed E-state index contributed by atoms with van der Waals surface area (Å²) in [4.78, 5) is 2.10. The molecule has 0 radical (unpaired) electrons. The first-order valence-electron chi connectivity index (χ1n) is 6.41. The summed E-state index contributed by atoms with van der Waals surface area (Å²) in [5.74, 6) is 1.53. The molecule has 0 spiro atoms. The summed E-state index contributed by atoms with van der Waals surface area (Å²) in [6.07, 6.45) is 0. The van der Waals surface area contributed by atoms with E-state index in [4.69, 9.17) is 14.5 Å². The van der Waals surface area contributed by atoms with Crippen LogP contribution in [0.25, 0.3) is 0 Å². The van der Waals surface area contributed by atoms with Crippen molar-refractivity contribution in [2.24, 2.45) is 0 Å². The molecule has 0 N–H and O–H groups in total. The normalized spacial score (nSPS) is 10.5. The molecule has 1 aromatic heterocycles. The van der Waals surface area contributed by atoms with Crippen molar-refractivity contribution in [2.45, 2.75) is 13.5 Å². The molecule has 0 bridgehead atoms. The quantitative estimate of drug-likeness (QED) is 0.807. The molecule has 0 saturated carbocycles. The molecule has 0 fully saturated rings. The highest BCUT2D eigenvalue weighted by Crippen LogP contribution is 2.12. The van der Waals surface area contributed by atoms with Crippen LogP contribution in [0.4, 0.5) is 0 Å². The highest BCUT2D eigenvalue weighted by atomic mass is 16.5. The van der Waals surface area contributed by atoms with Gasteiger partial charge < -0.3 is 9.26 Å². The second kappa shape index (κ2) is 6.73. The molecule has 0 aliphatic rings. The summed E-state index contributed by atoms with van der Waals surface area (Å²) < 4.78 is 10.7. The van der Waals surface area contributed by atoms with Crippen molar-refractivity contribution in [2.75, 3.05) is 20.2 Å². The van der Waals surface area contributed by atoms with Gasteiger partial charge in [0.2, 0.25) is 0 Å². The van der Waals surface area contributed by atoms with E-state index >= 15 is 0 Å². The lowest BCUT2D eigenvalue weighted by Crippen LogP contribution is -2.24. The number of ether oxygens (including phenoxy) is 1. The van der Waals surface area contributed by atoms with E-state index in [1.165, 1.54) is 0 Å². The third kappa shape index (κ3) is 4.11. The third-order valence-electron chi connectivity index (χ3n) is 2.81. The zero-order valence-electron chi connectivity index (χ0n) is 11.7. The van der Waals surface area contributed by atoms with Gasteiger partial charge in [0.05, 0.1) is 17.3 Å². The first kappa shape index (κ1) is 14.1. The van der Waals surface area contributed by atoms with Gasteiger partial charge in [-0.3, -0.25) is 4.90 Å². The smallest absolute Gasteiger partial charge is 0.133 e. The molecule has 1 heterocycles. The summed E-state index contributed by atoms with van der Waals surface area (Å²) in [5, 5.41) is 12.8. The Morgan fingerprint density at radius 1 is 1.40 bits per heavy atom. The Balaban J connectivity index is 1.76. The number of likely N-dealkylation sites (N-methyl/N-ethyl adjacent to an activating group) is 1. The van der Waals surface area contributed by atoms with Crippen LogP contribution in [-0.2, 0) is 6.54 Å². The van der Waals surface area contributed by atoms with Crippen molar-refractivity contribution in [3.05, 3.63) is 47.3 Å². The molecule has 0 aliphatic heterocycles. The number of aromatic nitrogens is 1. The third-order valence-corrected chi connectivity index (χ3v) is 2.81. The number of hydrogen-bond acceptors (Lipinski definition) is 5. The van der Waals surface area contributed by atoms with Crippen LogP contribution in [0.15, 0.2) is 34.9 Å². The van der Waals surface area contributed by atoms with Gasteiger partial charge in [-0.15, -0.1) is 0 Å². The Morgan fingerprint density at radius 3 is 2.95 bits per heavy atom.